The molecule has 9 rings (SSSR count). The van der Waals surface area contributed by atoms with Crippen LogP contribution in [0.15, 0.2) is 48.5 Å². The number of carbonyl (C=O) groups excluding carboxylic acids is 2. The van der Waals surface area contributed by atoms with Crippen molar-refractivity contribution < 1.29 is 24.5 Å². The first-order chi connectivity index (χ1) is 18.9. The van der Waals surface area contributed by atoms with E-state index in [9.17, 15) is 19.8 Å². The Morgan fingerprint density at radius 1 is 0.949 bits per heavy atom. The van der Waals surface area contributed by atoms with Gasteiger partial charge in [0.1, 0.15) is 6.10 Å². The number of amides is 2. The Morgan fingerprint density at radius 2 is 1.67 bits per heavy atom. The summed E-state index contributed by atoms with van der Waals surface area (Å²) in [5, 5.41) is 25.5. The molecule has 3 aromatic carbocycles. The summed E-state index contributed by atoms with van der Waals surface area (Å²) in [7, 11) is 0. The minimum atomic E-state index is -1.05. The van der Waals surface area contributed by atoms with Gasteiger partial charge in [0.05, 0.1) is 28.2 Å². The van der Waals surface area contributed by atoms with E-state index in [0.717, 1.165) is 35.0 Å². The predicted molar refractivity (Wildman–Crippen MR) is 143 cm³/mol. The number of rotatable bonds is 3. The first-order valence-corrected chi connectivity index (χ1v) is 14.3. The fourth-order valence-electron chi connectivity index (χ4n) is 8.97. The summed E-state index contributed by atoms with van der Waals surface area (Å²) in [5.74, 6) is 0.607. The van der Waals surface area contributed by atoms with Gasteiger partial charge in [-0.25, -0.2) is 0 Å². The molecule has 2 saturated carbocycles. The fraction of sp³-hybridized carbons (Fsp3) is 0.438. The topological polar surface area (TPSA) is 90.3 Å². The van der Waals surface area contributed by atoms with Crippen LogP contribution in [0, 0.1) is 5.92 Å². The quantitative estimate of drug-likeness (QED) is 0.509. The molecule has 3 aliphatic heterocycles. The highest BCUT2D eigenvalue weighted by Gasteiger charge is 2.74. The second-order valence-corrected chi connectivity index (χ2v) is 12.6. The number of piperidine rings is 1. The lowest BCUT2D eigenvalue weighted by atomic mass is 9.48. The van der Waals surface area contributed by atoms with Gasteiger partial charge in [-0.1, -0.05) is 30.3 Å². The van der Waals surface area contributed by atoms with Gasteiger partial charge in [-0.2, -0.15) is 0 Å². The Balaban J connectivity index is 1.18. The molecule has 39 heavy (non-hydrogen) atoms. The molecule has 6 aliphatic rings. The lowest BCUT2D eigenvalue weighted by Crippen LogP contribution is -2.78. The molecule has 198 valence electrons. The van der Waals surface area contributed by atoms with E-state index in [2.05, 4.69) is 4.90 Å². The van der Waals surface area contributed by atoms with Crippen molar-refractivity contribution >= 4 is 22.6 Å². The number of imide groups is 1. The van der Waals surface area contributed by atoms with Crippen molar-refractivity contribution in [1.29, 1.82) is 0 Å². The summed E-state index contributed by atoms with van der Waals surface area (Å²) in [6.45, 7) is 1.84. The van der Waals surface area contributed by atoms with Crippen LogP contribution in [0.4, 0.5) is 0 Å². The molecule has 5 atom stereocenters. The molecule has 2 amide bonds. The van der Waals surface area contributed by atoms with Crippen LogP contribution in [0.25, 0.3) is 10.8 Å². The average Bonchev–Trinajstić information content (AvgIpc) is 3.63. The second kappa shape index (κ2) is 7.20. The molecule has 2 N–H and O–H groups in total. The van der Waals surface area contributed by atoms with E-state index in [1.807, 2.05) is 42.5 Å². The van der Waals surface area contributed by atoms with E-state index >= 15 is 0 Å². The number of carbonyl (C=O) groups is 2. The van der Waals surface area contributed by atoms with Crippen LogP contribution in [0.3, 0.4) is 0 Å². The number of benzene rings is 3. The SMILES string of the molecule is O=C1c2cc3ccccc3cc2C(=O)N1[C@@H]1CC[C@@]2(O)[C@H]3Cc4ccc(O)c5c4[C@@]2(CCN3CC2CC2)[C@@H]1O5. The molecule has 3 aliphatic carbocycles. The zero-order valence-electron chi connectivity index (χ0n) is 21.6. The third-order valence-corrected chi connectivity index (χ3v) is 10.8. The highest BCUT2D eigenvalue weighted by molar-refractivity contribution is 6.23. The van der Waals surface area contributed by atoms with Crippen molar-refractivity contribution in [2.45, 2.75) is 67.7 Å². The molecule has 2 bridgehead atoms. The van der Waals surface area contributed by atoms with Crippen LogP contribution in [0.1, 0.15) is 63.9 Å². The third-order valence-electron chi connectivity index (χ3n) is 10.8. The number of phenolic OH excluding ortho intramolecular Hbond substituents is 1. The first-order valence-electron chi connectivity index (χ1n) is 14.3. The van der Waals surface area contributed by atoms with Crippen LogP contribution < -0.4 is 4.74 Å². The summed E-state index contributed by atoms with van der Waals surface area (Å²) in [5.41, 5.74) is 1.04. The van der Waals surface area contributed by atoms with Gasteiger partial charge >= 0.3 is 0 Å². The molecule has 0 radical (unpaired) electrons. The van der Waals surface area contributed by atoms with Crippen molar-refractivity contribution in [3.05, 3.63) is 70.8 Å². The molecule has 0 unspecified atom stereocenters. The molecule has 3 aromatic rings. The number of aliphatic hydroxyl groups is 1. The Kier molecular flexibility index (Phi) is 4.14. The highest BCUT2D eigenvalue weighted by atomic mass is 16.5. The van der Waals surface area contributed by atoms with Crippen LogP contribution in [-0.4, -0.2) is 68.7 Å². The Morgan fingerprint density at radius 3 is 2.36 bits per heavy atom. The van der Waals surface area contributed by atoms with Crippen molar-refractivity contribution in [2.75, 3.05) is 13.1 Å². The second-order valence-electron chi connectivity index (χ2n) is 12.6. The zero-order valence-corrected chi connectivity index (χ0v) is 21.6. The molecular formula is C32H30N2O5. The minimum Gasteiger partial charge on any atom is -0.504 e. The third kappa shape index (κ3) is 2.61. The van der Waals surface area contributed by atoms with Crippen molar-refractivity contribution in [3.63, 3.8) is 0 Å². The highest BCUT2D eigenvalue weighted by Crippen LogP contribution is 2.66. The maximum absolute atomic E-state index is 13.9. The monoisotopic (exact) mass is 522 g/mol. The van der Waals surface area contributed by atoms with E-state index in [0.29, 0.717) is 48.5 Å². The van der Waals surface area contributed by atoms with Crippen molar-refractivity contribution in [1.82, 2.24) is 9.80 Å². The van der Waals surface area contributed by atoms with Crippen LogP contribution in [0.2, 0.25) is 0 Å². The minimum absolute atomic E-state index is 0.0469. The van der Waals surface area contributed by atoms with Crippen LogP contribution in [0.5, 0.6) is 11.5 Å². The molecular weight excluding hydrogens is 492 g/mol. The van der Waals surface area contributed by atoms with Crippen molar-refractivity contribution in [2.24, 2.45) is 5.92 Å². The number of hydrogen-bond acceptors (Lipinski definition) is 6. The average molecular weight is 523 g/mol. The van der Waals surface area contributed by atoms with E-state index in [1.165, 1.54) is 17.7 Å². The maximum Gasteiger partial charge on any atom is 0.261 e. The summed E-state index contributed by atoms with van der Waals surface area (Å²) in [6, 6.07) is 14.5. The van der Waals surface area contributed by atoms with Gasteiger partial charge in [-0.15, -0.1) is 0 Å². The van der Waals surface area contributed by atoms with E-state index in [1.54, 1.807) is 6.07 Å². The van der Waals surface area contributed by atoms with Gasteiger partial charge in [0.25, 0.3) is 11.8 Å². The molecule has 1 spiro atoms. The molecule has 0 aromatic heterocycles. The lowest BCUT2D eigenvalue weighted by molar-refractivity contribution is -0.196. The maximum atomic E-state index is 13.9. The number of phenols is 1. The molecule has 3 heterocycles. The normalized spacial score (nSPS) is 34.3. The van der Waals surface area contributed by atoms with Gasteiger partial charge in [-0.05, 0) is 85.5 Å². The van der Waals surface area contributed by atoms with Gasteiger partial charge < -0.3 is 14.9 Å². The lowest BCUT2D eigenvalue weighted by Gasteiger charge is -2.64. The number of likely N-dealkylation sites (tertiary alicyclic amines) is 1. The smallest absolute Gasteiger partial charge is 0.261 e. The predicted octanol–water partition coefficient (Wildman–Crippen LogP) is 3.77. The summed E-state index contributed by atoms with van der Waals surface area (Å²) in [6.07, 6.45) is 4.23. The summed E-state index contributed by atoms with van der Waals surface area (Å²) < 4.78 is 6.63. The largest absolute Gasteiger partial charge is 0.504 e. The van der Waals surface area contributed by atoms with E-state index in [-0.39, 0.29) is 23.6 Å². The summed E-state index contributed by atoms with van der Waals surface area (Å²) in [4.78, 5) is 31.7. The number of ether oxygens (including phenoxy) is 1. The Hall–Kier alpha value is -3.42. The van der Waals surface area contributed by atoms with Crippen LogP contribution >= 0.6 is 0 Å². The number of fused-ring (bicyclic) bond motifs is 2. The van der Waals surface area contributed by atoms with E-state index < -0.39 is 23.2 Å². The zero-order chi connectivity index (χ0) is 26.3. The van der Waals surface area contributed by atoms with Crippen LogP contribution in [-0.2, 0) is 11.8 Å². The molecule has 7 heteroatoms. The molecule has 7 nitrogen and oxygen atoms in total. The first kappa shape index (κ1) is 22.4. The van der Waals surface area contributed by atoms with Crippen molar-refractivity contribution in [3.8, 4) is 11.5 Å². The van der Waals surface area contributed by atoms with Gasteiger partial charge in [0.15, 0.2) is 11.5 Å². The number of hydrogen-bond donors (Lipinski definition) is 2. The summed E-state index contributed by atoms with van der Waals surface area (Å²) >= 11 is 0. The standard InChI is InChI=1S/C32H30N2O5/c35-24-8-7-20-15-25-32(38)10-9-23(28-31(32,26(20)27(24)39-28)11-12-33(25)16-17-5-6-17)34-29(36)21-13-18-3-1-2-4-19(18)14-22(21)30(34)37/h1-4,7-8,13-14,17,23,25,28,35,38H,5-6,9-12,15-16H2/t23-,25-,28-,31+,32-/m1/s1. The van der Waals surface area contributed by atoms with Gasteiger partial charge in [-0.3, -0.25) is 19.4 Å². The Labute approximate surface area is 226 Å². The Bertz CT molecular complexity index is 1580. The van der Waals surface area contributed by atoms with E-state index in [4.69, 9.17) is 4.74 Å². The number of nitrogens with zero attached hydrogens (tertiary/aromatic N) is 2. The van der Waals surface area contributed by atoms with Gasteiger partial charge in [0.2, 0.25) is 0 Å². The molecule has 1 saturated heterocycles. The van der Waals surface area contributed by atoms with Gasteiger partial charge in [0, 0.05) is 18.2 Å². The molecule has 3 fully saturated rings. The number of aromatic hydroxyl groups is 1. The fourth-order valence-corrected chi connectivity index (χ4v) is 8.97.